The number of aromatic nitrogens is 2. The monoisotopic (exact) mass is 273 g/mol. The zero-order valence-corrected chi connectivity index (χ0v) is 11.0. The molecule has 0 atom stereocenters. The second-order valence-corrected chi connectivity index (χ2v) is 4.24. The van der Waals surface area contributed by atoms with Crippen LogP contribution >= 0.6 is 0 Å². The van der Waals surface area contributed by atoms with E-state index in [-0.39, 0.29) is 11.4 Å². The third kappa shape index (κ3) is 2.85. The van der Waals surface area contributed by atoms with Gasteiger partial charge in [0.05, 0.1) is 6.33 Å². The van der Waals surface area contributed by atoms with Crippen LogP contribution in [0.2, 0.25) is 0 Å². The summed E-state index contributed by atoms with van der Waals surface area (Å²) in [6, 6.07) is 9.52. The van der Waals surface area contributed by atoms with Crippen molar-refractivity contribution in [1.82, 2.24) is 14.9 Å². The molecule has 0 radical (unpaired) electrons. The van der Waals surface area contributed by atoms with Gasteiger partial charge in [0, 0.05) is 13.1 Å². The number of carboxylic acid groups (broad SMARTS) is 1. The number of hydrogen-bond acceptors (Lipinski definition) is 3. The van der Waals surface area contributed by atoms with E-state index in [0.717, 1.165) is 5.56 Å². The highest BCUT2D eigenvalue weighted by Crippen LogP contribution is 2.11. The van der Waals surface area contributed by atoms with E-state index in [0.29, 0.717) is 13.1 Å². The number of aromatic carboxylic acids is 1. The maximum absolute atomic E-state index is 12.3. The Balaban J connectivity index is 2.21. The lowest BCUT2D eigenvalue weighted by Gasteiger charge is -2.20. The van der Waals surface area contributed by atoms with Gasteiger partial charge in [-0.1, -0.05) is 30.3 Å². The number of rotatable bonds is 5. The number of nitrogens with one attached hydrogen (secondary N) is 1. The van der Waals surface area contributed by atoms with Crippen molar-refractivity contribution >= 4 is 11.9 Å². The molecule has 0 spiro atoms. The van der Waals surface area contributed by atoms with Crippen LogP contribution in [-0.2, 0) is 6.54 Å². The molecule has 104 valence electrons. The number of carboxylic acids is 1. The number of carbonyl (C=O) groups is 2. The van der Waals surface area contributed by atoms with E-state index < -0.39 is 11.9 Å². The van der Waals surface area contributed by atoms with E-state index in [1.54, 1.807) is 4.90 Å². The average molecular weight is 273 g/mol. The highest BCUT2D eigenvalue weighted by atomic mass is 16.4. The molecule has 2 aromatic rings. The lowest BCUT2D eigenvalue weighted by Crippen LogP contribution is -2.31. The highest BCUT2D eigenvalue weighted by Gasteiger charge is 2.23. The number of hydrogen-bond donors (Lipinski definition) is 2. The Kier molecular flexibility index (Phi) is 4.14. The normalized spacial score (nSPS) is 10.2. The first-order valence-electron chi connectivity index (χ1n) is 6.23. The first-order valence-corrected chi connectivity index (χ1v) is 6.23. The van der Waals surface area contributed by atoms with Crippen LogP contribution in [0.25, 0.3) is 0 Å². The van der Waals surface area contributed by atoms with Crippen LogP contribution in [-0.4, -0.2) is 38.4 Å². The summed E-state index contributed by atoms with van der Waals surface area (Å²) in [5.74, 6) is -1.59. The molecule has 6 nitrogen and oxygen atoms in total. The van der Waals surface area contributed by atoms with Crippen molar-refractivity contribution in [2.24, 2.45) is 0 Å². The minimum atomic E-state index is -1.19. The molecular formula is C14H15N3O3. The molecule has 0 aliphatic carbocycles. The van der Waals surface area contributed by atoms with E-state index in [9.17, 15) is 9.59 Å². The van der Waals surface area contributed by atoms with Crippen molar-refractivity contribution < 1.29 is 14.7 Å². The van der Waals surface area contributed by atoms with Crippen LogP contribution in [0, 0.1) is 0 Å². The largest absolute Gasteiger partial charge is 0.477 e. The fourth-order valence-corrected chi connectivity index (χ4v) is 1.90. The fourth-order valence-electron chi connectivity index (χ4n) is 1.90. The number of carbonyl (C=O) groups excluding carboxylic acids is 1. The summed E-state index contributed by atoms with van der Waals surface area (Å²) in [6.45, 7) is 2.73. The van der Waals surface area contributed by atoms with E-state index in [4.69, 9.17) is 5.11 Å². The molecule has 20 heavy (non-hydrogen) atoms. The van der Waals surface area contributed by atoms with Crippen molar-refractivity contribution in [2.75, 3.05) is 6.54 Å². The Morgan fingerprint density at radius 1 is 1.30 bits per heavy atom. The molecule has 1 amide bonds. The molecule has 6 heteroatoms. The van der Waals surface area contributed by atoms with Gasteiger partial charge in [0.15, 0.2) is 11.4 Å². The number of imidazole rings is 1. The maximum atomic E-state index is 12.3. The maximum Gasteiger partial charge on any atom is 0.354 e. The molecule has 0 saturated heterocycles. The van der Waals surface area contributed by atoms with Crippen molar-refractivity contribution in [3.05, 3.63) is 53.6 Å². The van der Waals surface area contributed by atoms with Gasteiger partial charge in [-0.25, -0.2) is 9.78 Å². The van der Waals surface area contributed by atoms with Crippen molar-refractivity contribution in [2.45, 2.75) is 13.5 Å². The second kappa shape index (κ2) is 6.01. The predicted octanol–water partition coefficient (Wildman–Crippen LogP) is 1.77. The fraction of sp³-hybridized carbons (Fsp3) is 0.214. The van der Waals surface area contributed by atoms with Crippen LogP contribution in [0.5, 0.6) is 0 Å². The van der Waals surface area contributed by atoms with Gasteiger partial charge in [0.1, 0.15) is 0 Å². The minimum Gasteiger partial charge on any atom is -0.477 e. The van der Waals surface area contributed by atoms with E-state index in [2.05, 4.69) is 9.97 Å². The lowest BCUT2D eigenvalue weighted by atomic mass is 10.2. The Bertz CT molecular complexity index is 607. The molecule has 0 aliphatic heterocycles. The summed E-state index contributed by atoms with van der Waals surface area (Å²) in [5, 5.41) is 9.01. The van der Waals surface area contributed by atoms with Gasteiger partial charge in [0.2, 0.25) is 0 Å². The Morgan fingerprint density at radius 2 is 2.00 bits per heavy atom. The SMILES string of the molecule is CCN(Cc1ccccc1)C(=O)c1nc[nH]c1C(=O)O. The van der Waals surface area contributed by atoms with Gasteiger partial charge in [-0.3, -0.25) is 4.79 Å². The van der Waals surface area contributed by atoms with Gasteiger partial charge in [-0.15, -0.1) is 0 Å². The zero-order chi connectivity index (χ0) is 14.5. The topological polar surface area (TPSA) is 86.3 Å². The number of amides is 1. The molecule has 2 N–H and O–H groups in total. The summed E-state index contributed by atoms with van der Waals surface area (Å²) in [7, 11) is 0. The van der Waals surface area contributed by atoms with Crippen molar-refractivity contribution in [1.29, 1.82) is 0 Å². The summed E-state index contributed by atoms with van der Waals surface area (Å²) < 4.78 is 0. The number of H-pyrrole nitrogens is 1. The summed E-state index contributed by atoms with van der Waals surface area (Å²) in [6.07, 6.45) is 1.22. The highest BCUT2D eigenvalue weighted by molar-refractivity contribution is 6.02. The van der Waals surface area contributed by atoms with Gasteiger partial charge < -0.3 is 15.0 Å². The third-order valence-electron chi connectivity index (χ3n) is 2.94. The smallest absolute Gasteiger partial charge is 0.354 e. The molecule has 0 unspecified atom stereocenters. The van der Waals surface area contributed by atoms with E-state index in [1.807, 2.05) is 37.3 Å². The minimum absolute atomic E-state index is 0.0599. The average Bonchev–Trinajstić information content (AvgIpc) is 2.94. The van der Waals surface area contributed by atoms with Crippen LogP contribution in [0.15, 0.2) is 36.7 Å². The zero-order valence-electron chi connectivity index (χ0n) is 11.0. The molecule has 2 rings (SSSR count). The van der Waals surface area contributed by atoms with E-state index in [1.165, 1.54) is 6.33 Å². The first-order chi connectivity index (χ1) is 9.63. The first kappa shape index (κ1) is 13.8. The predicted molar refractivity (Wildman–Crippen MR) is 72.4 cm³/mol. The van der Waals surface area contributed by atoms with Gasteiger partial charge in [0.25, 0.3) is 5.91 Å². The van der Waals surface area contributed by atoms with Gasteiger partial charge in [-0.2, -0.15) is 0 Å². The van der Waals surface area contributed by atoms with E-state index >= 15 is 0 Å². The van der Waals surface area contributed by atoms with Crippen LogP contribution < -0.4 is 0 Å². The molecule has 1 aromatic carbocycles. The number of benzene rings is 1. The molecule has 0 fully saturated rings. The van der Waals surface area contributed by atoms with Gasteiger partial charge in [-0.05, 0) is 12.5 Å². The van der Waals surface area contributed by atoms with Crippen molar-refractivity contribution in [3.8, 4) is 0 Å². The summed E-state index contributed by atoms with van der Waals surface area (Å²) in [5.41, 5.74) is 0.743. The summed E-state index contributed by atoms with van der Waals surface area (Å²) >= 11 is 0. The van der Waals surface area contributed by atoms with Crippen LogP contribution in [0.3, 0.4) is 0 Å². The molecular weight excluding hydrogens is 258 g/mol. The molecule has 0 bridgehead atoms. The number of nitrogens with zero attached hydrogens (tertiary/aromatic N) is 2. The third-order valence-corrected chi connectivity index (χ3v) is 2.94. The number of aromatic amines is 1. The standard InChI is InChI=1S/C14H15N3O3/c1-2-17(8-10-6-4-3-5-7-10)13(18)11-12(14(19)20)16-9-15-11/h3-7,9H,2,8H2,1H3,(H,15,16)(H,19,20). The Morgan fingerprint density at radius 3 is 2.60 bits per heavy atom. The Hall–Kier alpha value is -2.63. The molecule has 0 saturated carbocycles. The Labute approximate surface area is 116 Å². The quantitative estimate of drug-likeness (QED) is 0.869. The molecule has 1 heterocycles. The van der Waals surface area contributed by atoms with Crippen LogP contribution in [0.4, 0.5) is 0 Å². The van der Waals surface area contributed by atoms with Crippen LogP contribution in [0.1, 0.15) is 33.5 Å². The molecule has 0 aliphatic rings. The molecule has 1 aromatic heterocycles. The van der Waals surface area contributed by atoms with Gasteiger partial charge >= 0.3 is 5.97 Å². The lowest BCUT2D eigenvalue weighted by molar-refractivity contribution is 0.0667. The van der Waals surface area contributed by atoms with Crippen molar-refractivity contribution in [3.63, 3.8) is 0 Å². The summed E-state index contributed by atoms with van der Waals surface area (Å²) in [4.78, 5) is 31.2. The second-order valence-electron chi connectivity index (χ2n) is 4.24.